The quantitative estimate of drug-likeness (QED) is 0.332. The zero-order valence-electron chi connectivity index (χ0n) is 19.7. The molecule has 38 heavy (non-hydrogen) atoms. The van der Waals surface area contributed by atoms with Crippen LogP contribution in [0.5, 0.6) is 6.01 Å². The number of methoxy groups -OCH3 is 1. The number of hydrogen-bond acceptors (Lipinski definition) is 8. The van der Waals surface area contributed by atoms with Crippen LogP contribution >= 0.6 is 11.3 Å². The first-order valence-electron chi connectivity index (χ1n) is 11.6. The van der Waals surface area contributed by atoms with Crippen LogP contribution in [0.4, 0.5) is 32.8 Å². The van der Waals surface area contributed by atoms with Gasteiger partial charge in [0, 0.05) is 29.4 Å². The highest BCUT2D eigenvalue weighted by Gasteiger charge is 2.40. The summed E-state index contributed by atoms with van der Waals surface area (Å²) in [5.41, 5.74) is 2.75. The lowest BCUT2D eigenvalue weighted by molar-refractivity contribution is -0.137. The largest absolute Gasteiger partial charge is 0.467 e. The number of aromatic nitrogens is 2. The van der Waals surface area contributed by atoms with Gasteiger partial charge in [0.2, 0.25) is 0 Å². The summed E-state index contributed by atoms with van der Waals surface area (Å²) in [7, 11) is 1.27. The van der Waals surface area contributed by atoms with E-state index in [0.717, 1.165) is 31.0 Å². The lowest BCUT2D eigenvalue weighted by Gasteiger charge is -2.33. The Morgan fingerprint density at radius 1 is 1.18 bits per heavy atom. The first-order valence-corrected chi connectivity index (χ1v) is 12.4. The van der Waals surface area contributed by atoms with Crippen LogP contribution in [0, 0.1) is 23.0 Å². The van der Waals surface area contributed by atoms with Gasteiger partial charge in [0.1, 0.15) is 28.2 Å². The van der Waals surface area contributed by atoms with E-state index in [1.165, 1.54) is 7.11 Å². The summed E-state index contributed by atoms with van der Waals surface area (Å²) in [4.78, 5) is 10.1. The fourth-order valence-electron chi connectivity index (χ4n) is 5.31. The second-order valence-corrected chi connectivity index (χ2v) is 10.2. The monoisotopic (exact) mass is 547 g/mol. The molecule has 0 saturated carbocycles. The Hall–Kier alpha value is -3.76. The molecular formula is C25H18F5N5O2S. The molecule has 2 aromatic carbocycles. The fraction of sp³-hybridized carbons (Fsp3) is 0.320. The summed E-state index contributed by atoms with van der Waals surface area (Å²) >= 11 is 0.708. The second-order valence-electron chi connectivity index (χ2n) is 9.16. The summed E-state index contributed by atoms with van der Waals surface area (Å²) in [6.07, 6.45) is -3.63. The Balaban J connectivity index is 1.69. The van der Waals surface area contributed by atoms with E-state index in [2.05, 4.69) is 9.97 Å². The van der Waals surface area contributed by atoms with E-state index in [4.69, 9.17) is 15.2 Å². The summed E-state index contributed by atoms with van der Waals surface area (Å²) in [5.74, 6) is -1.98. The maximum atomic E-state index is 16.4. The van der Waals surface area contributed by atoms with Crippen LogP contribution in [-0.4, -0.2) is 42.4 Å². The summed E-state index contributed by atoms with van der Waals surface area (Å²) in [5, 5.41) is 9.19. The molecule has 0 amide bonds. The van der Waals surface area contributed by atoms with E-state index < -0.39 is 34.5 Å². The van der Waals surface area contributed by atoms with Gasteiger partial charge in [-0.15, -0.1) is 11.3 Å². The third kappa shape index (κ3) is 3.70. The molecule has 13 heteroatoms. The third-order valence-electron chi connectivity index (χ3n) is 6.92. The van der Waals surface area contributed by atoms with E-state index in [1.54, 1.807) is 11.0 Å². The van der Waals surface area contributed by atoms with Crippen molar-refractivity contribution in [1.29, 1.82) is 5.26 Å². The van der Waals surface area contributed by atoms with Gasteiger partial charge < -0.3 is 20.1 Å². The normalized spacial score (nSPS) is 19.3. The van der Waals surface area contributed by atoms with Crippen LogP contribution in [0.2, 0.25) is 0 Å². The number of nitriles is 1. The van der Waals surface area contributed by atoms with Gasteiger partial charge >= 0.3 is 12.2 Å². The lowest BCUT2D eigenvalue weighted by Crippen LogP contribution is -2.43. The highest BCUT2D eigenvalue weighted by molar-refractivity contribution is 7.23. The van der Waals surface area contributed by atoms with Crippen molar-refractivity contribution < 1.29 is 31.4 Å². The van der Waals surface area contributed by atoms with Crippen LogP contribution < -0.4 is 15.4 Å². The summed E-state index contributed by atoms with van der Waals surface area (Å²) < 4.78 is 85.4. The van der Waals surface area contributed by atoms with Crippen molar-refractivity contribution in [3.63, 3.8) is 0 Å². The number of rotatable bonds is 3. The van der Waals surface area contributed by atoms with Gasteiger partial charge in [0.15, 0.2) is 5.82 Å². The number of alkyl halides is 3. The molecule has 2 saturated heterocycles. The van der Waals surface area contributed by atoms with Gasteiger partial charge in [-0.25, -0.2) is 8.78 Å². The number of nitrogen functional groups attached to an aromatic ring is 1. The smallest absolute Gasteiger partial charge is 0.417 e. The second kappa shape index (κ2) is 8.64. The van der Waals surface area contributed by atoms with Gasteiger partial charge in [-0.3, -0.25) is 0 Å². The maximum absolute atomic E-state index is 16.4. The maximum Gasteiger partial charge on any atom is 0.417 e. The van der Waals surface area contributed by atoms with Crippen LogP contribution in [-0.2, 0) is 10.9 Å². The molecule has 2 N–H and O–H groups in total. The number of nitrogens with zero attached hydrogens (tertiary/aromatic N) is 4. The Kier molecular flexibility index (Phi) is 5.59. The fourth-order valence-corrected chi connectivity index (χ4v) is 6.26. The minimum atomic E-state index is -5.01. The molecule has 2 bridgehead atoms. The zero-order valence-corrected chi connectivity index (χ0v) is 20.5. The van der Waals surface area contributed by atoms with E-state index in [9.17, 15) is 22.8 Å². The number of halogens is 5. The molecule has 7 nitrogen and oxygen atoms in total. The number of fused-ring (bicyclic) bond motifs is 4. The predicted molar refractivity (Wildman–Crippen MR) is 131 cm³/mol. The number of anilines is 2. The number of thiophene rings is 1. The molecule has 2 fully saturated rings. The van der Waals surface area contributed by atoms with Gasteiger partial charge in [0.25, 0.3) is 0 Å². The van der Waals surface area contributed by atoms with E-state index in [0.29, 0.717) is 24.4 Å². The Bertz CT molecular complexity index is 1650. The molecule has 0 radical (unpaired) electrons. The molecule has 0 aliphatic carbocycles. The average Bonchev–Trinajstić information content (AvgIpc) is 3.41. The Labute approximate surface area is 216 Å². The van der Waals surface area contributed by atoms with Gasteiger partial charge in [-0.2, -0.15) is 28.4 Å². The van der Waals surface area contributed by atoms with Crippen molar-refractivity contribution in [2.75, 3.05) is 30.8 Å². The minimum absolute atomic E-state index is 0.0863. The summed E-state index contributed by atoms with van der Waals surface area (Å²) in [6.45, 7) is 0.740. The number of hydrogen-bond donors (Lipinski definition) is 1. The van der Waals surface area contributed by atoms with Crippen LogP contribution in [0.3, 0.4) is 0 Å². The van der Waals surface area contributed by atoms with Crippen molar-refractivity contribution in [2.45, 2.75) is 31.2 Å². The molecule has 6 rings (SSSR count). The molecule has 4 aromatic rings. The molecule has 196 valence electrons. The topological polar surface area (TPSA) is 97.3 Å². The standard InChI is InChI=1S/C25H18F5N5O2S/c1-36-24-33-20-13(23(34-24)35-8-10-2-3-11(9-35)37-10)6-15(25(28,29)30)18(19(20)27)12-4-5-16(26)21-17(12)14(7-31)22(32)38-21/h4-6,10-11H,2-3,8-9,32H2,1H3. The number of ether oxygens (including phenoxy) is 2. The van der Waals surface area contributed by atoms with E-state index >= 15 is 4.39 Å². The zero-order chi connectivity index (χ0) is 26.9. The minimum Gasteiger partial charge on any atom is -0.467 e. The van der Waals surface area contributed by atoms with E-state index in [-0.39, 0.29) is 55.6 Å². The molecule has 0 spiro atoms. The number of morpholine rings is 1. The molecule has 2 unspecified atom stereocenters. The Morgan fingerprint density at radius 2 is 1.89 bits per heavy atom. The van der Waals surface area contributed by atoms with Crippen molar-refractivity contribution in [3.05, 3.63) is 41.0 Å². The SMILES string of the molecule is COc1nc(N2CC3CCC(C2)O3)c2cc(C(F)(F)F)c(-c3ccc(F)c4sc(N)c(C#N)c34)c(F)c2n1. The summed E-state index contributed by atoms with van der Waals surface area (Å²) in [6, 6.07) is 4.33. The predicted octanol–water partition coefficient (Wildman–Crippen LogP) is 5.64. The Morgan fingerprint density at radius 3 is 2.53 bits per heavy atom. The molecule has 2 aliphatic heterocycles. The van der Waals surface area contributed by atoms with Gasteiger partial charge in [-0.1, -0.05) is 6.07 Å². The van der Waals surface area contributed by atoms with Gasteiger partial charge in [-0.05, 0) is 30.5 Å². The van der Waals surface area contributed by atoms with Crippen molar-refractivity contribution >= 4 is 43.1 Å². The van der Waals surface area contributed by atoms with Crippen LogP contribution in [0.15, 0.2) is 18.2 Å². The van der Waals surface area contributed by atoms with Crippen molar-refractivity contribution in [1.82, 2.24) is 9.97 Å². The van der Waals surface area contributed by atoms with Crippen molar-refractivity contribution in [2.24, 2.45) is 0 Å². The lowest BCUT2D eigenvalue weighted by atomic mass is 9.92. The highest BCUT2D eigenvalue weighted by Crippen LogP contribution is 2.48. The molecule has 2 aliphatic rings. The molecule has 4 heterocycles. The van der Waals surface area contributed by atoms with Crippen LogP contribution in [0.1, 0.15) is 24.0 Å². The molecule has 2 aromatic heterocycles. The number of nitrogens with two attached hydrogens (primary N) is 1. The molecular weight excluding hydrogens is 529 g/mol. The van der Waals surface area contributed by atoms with Crippen LogP contribution in [0.25, 0.3) is 32.1 Å². The van der Waals surface area contributed by atoms with Crippen molar-refractivity contribution in [3.8, 4) is 23.2 Å². The third-order valence-corrected chi connectivity index (χ3v) is 7.95. The highest BCUT2D eigenvalue weighted by atomic mass is 32.1. The van der Waals surface area contributed by atoms with Gasteiger partial charge in [0.05, 0.1) is 35.1 Å². The first kappa shape index (κ1) is 24.6. The average molecular weight is 548 g/mol. The molecule has 2 atom stereocenters. The van der Waals surface area contributed by atoms with E-state index in [1.807, 2.05) is 0 Å². The number of benzene rings is 2. The first-order chi connectivity index (χ1) is 18.1.